The summed E-state index contributed by atoms with van der Waals surface area (Å²) in [4.78, 5) is 0. The number of allylic oxidation sites excluding steroid dienone is 5. The Morgan fingerprint density at radius 3 is 2.00 bits per heavy atom. The van der Waals surface area contributed by atoms with E-state index < -0.39 is 25.8 Å². The monoisotopic (exact) mass is 520 g/mol. The van der Waals surface area contributed by atoms with Crippen LogP contribution in [-0.2, 0) is 20.4 Å². The predicted molar refractivity (Wildman–Crippen MR) is 134 cm³/mol. The van der Waals surface area contributed by atoms with Gasteiger partial charge in [0, 0.05) is 0 Å². The van der Waals surface area contributed by atoms with Gasteiger partial charge >= 0.3 is 202 Å². The molecule has 0 bridgehead atoms. The van der Waals surface area contributed by atoms with Gasteiger partial charge in [0.15, 0.2) is 0 Å². The first kappa shape index (κ1) is 23.5. The van der Waals surface area contributed by atoms with Crippen molar-refractivity contribution in [3.63, 3.8) is 0 Å². The van der Waals surface area contributed by atoms with E-state index in [0.29, 0.717) is 9.54 Å². The minimum atomic E-state index is -2.03. The molecule has 166 valence electrons. The third-order valence-electron chi connectivity index (χ3n) is 7.40. The maximum absolute atomic E-state index is 5.81. The van der Waals surface area contributed by atoms with Crippen LogP contribution in [0.15, 0.2) is 68.5 Å². The second kappa shape index (κ2) is 9.31. The minimum absolute atomic E-state index is 0.422. The van der Waals surface area contributed by atoms with Crippen molar-refractivity contribution in [2.24, 2.45) is 5.92 Å². The van der Waals surface area contributed by atoms with Crippen molar-refractivity contribution >= 4 is 11.0 Å². The molecule has 4 heteroatoms. The van der Waals surface area contributed by atoms with Crippen molar-refractivity contribution in [1.82, 2.24) is 0 Å². The molecule has 0 aromatic heterocycles. The molecule has 0 radical (unpaired) electrons. The van der Waals surface area contributed by atoms with Crippen molar-refractivity contribution in [3.05, 3.63) is 85.2 Å². The van der Waals surface area contributed by atoms with Crippen LogP contribution in [0.25, 0.3) is 5.57 Å². The van der Waals surface area contributed by atoms with E-state index in [1.54, 1.807) is 25.4 Å². The normalized spacial score (nSPS) is 19.8. The molecule has 0 saturated carbocycles. The summed E-state index contributed by atoms with van der Waals surface area (Å²) >= 11 is -2.03. The molecule has 0 spiro atoms. The SMILES string of the molecule is COc1cccc(OC)c1C1=C[CH]([Zr]([C]2=C(C)C(C)=C(C)C2C)=[Si](C)C)c2ccccc21. The van der Waals surface area contributed by atoms with E-state index in [1.165, 1.54) is 22.3 Å². The quantitative estimate of drug-likeness (QED) is 0.384. The Kier molecular flexibility index (Phi) is 6.84. The third kappa shape index (κ3) is 3.74. The van der Waals surface area contributed by atoms with Gasteiger partial charge in [-0.1, -0.05) is 0 Å². The van der Waals surface area contributed by atoms with Crippen molar-refractivity contribution in [3.8, 4) is 11.5 Å². The number of benzene rings is 2. The summed E-state index contributed by atoms with van der Waals surface area (Å²) in [5, 5.41) is 0. The zero-order valence-corrected chi connectivity index (χ0v) is 24.0. The average molecular weight is 522 g/mol. The number of hydrogen-bond donors (Lipinski definition) is 0. The molecule has 4 rings (SSSR count). The van der Waals surface area contributed by atoms with Crippen molar-refractivity contribution in [2.75, 3.05) is 14.2 Å². The molecule has 2 unspecified atom stereocenters. The van der Waals surface area contributed by atoms with E-state index in [1.807, 2.05) is 21.5 Å². The van der Waals surface area contributed by atoms with Gasteiger partial charge in [-0.05, 0) is 0 Å². The van der Waals surface area contributed by atoms with Crippen LogP contribution < -0.4 is 9.47 Å². The van der Waals surface area contributed by atoms with Crippen LogP contribution in [0.1, 0.15) is 48.0 Å². The van der Waals surface area contributed by atoms with Crippen LogP contribution in [0.2, 0.25) is 13.1 Å². The van der Waals surface area contributed by atoms with Gasteiger partial charge in [-0.25, -0.2) is 0 Å². The zero-order chi connectivity index (χ0) is 23.2. The summed E-state index contributed by atoms with van der Waals surface area (Å²) in [5.41, 5.74) is 9.55. The Labute approximate surface area is 201 Å². The Morgan fingerprint density at radius 2 is 1.47 bits per heavy atom. The van der Waals surface area contributed by atoms with Gasteiger partial charge in [-0.15, -0.1) is 0 Å². The van der Waals surface area contributed by atoms with Gasteiger partial charge < -0.3 is 0 Å². The van der Waals surface area contributed by atoms with Gasteiger partial charge in [0.1, 0.15) is 0 Å². The van der Waals surface area contributed by atoms with Gasteiger partial charge in [0.25, 0.3) is 0 Å². The van der Waals surface area contributed by atoms with Crippen LogP contribution in [0.3, 0.4) is 0 Å². The molecule has 2 aromatic carbocycles. The summed E-state index contributed by atoms with van der Waals surface area (Å²) in [6.07, 6.45) is 2.59. The summed E-state index contributed by atoms with van der Waals surface area (Å²) in [7, 11) is 3.51. The number of rotatable bonds is 5. The zero-order valence-electron chi connectivity index (χ0n) is 20.6. The van der Waals surface area contributed by atoms with Gasteiger partial charge in [0.05, 0.1) is 0 Å². The topological polar surface area (TPSA) is 18.5 Å². The molecule has 2 nitrogen and oxygen atoms in total. The molecule has 0 aliphatic heterocycles. The predicted octanol–water partition coefficient (Wildman–Crippen LogP) is 7.32. The molecule has 2 aliphatic carbocycles. The maximum atomic E-state index is 5.81. The Bertz CT molecular complexity index is 1190. The fourth-order valence-corrected chi connectivity index (χ4v) is 25.2. The second-order valence-electron chi connectivity index (χ2n) is 9.16. The van der Waals surface area contributed by atoms with Crippen molar-refractivity contribution < 1.29 is 29.8 Å². The molecule has 0 amide bonds. The van der Waals surface area contributed by atoms with E-state index in [4.69, 9.17) is 9.47 Å². The van der Waals surface area contributed by atoms with E-state index in [9.17, 15) is 0 Å². The van der Waals surface area contributed by atoms with E-state index >= 15 is 0 Å². The number of fused-ring (bicyclic) bond motifs is 1. The van der Waals surface area contributed by atoms with Crippen LogP contribution in [0.4, 0.5) is 0 Å². The number of hydrogen-bond acceptors (Lipinski definition) is 2. The summed E-state index contributed by atoms with van der Waals surface area (Å²) in [6.45, 7) is 14.6. The Balaban J connectivity index is 1.96. The van der Waals surface area contributed by atoms with Crippen molar-refractivity contribution in [2.45, 2.75) is 44.4 Å². The van der Waals surface area contributed by atoms with E-state index in [0.717, 1.165) is 17.1 Å². The fourth-order valence-electron chi connectivity index (χ4n) is 5.48. The summed E-state index contributed by atoms with van der Waals surface area (Å²) < 4.78 is 14.0. The standard InChI is InChI=1S/C17H15O2.C9H13.C2H6Si.Zr/c1-18-15-8-5-9-16(19-2)17(15)14-11-10-12-6-3-4-7-13(12)14;1-6-5-7(2)9(4)8(6)3;1-3-2;/h3-11H,1-2H3;6H,1-4H3;1-2H3;. The second-order valence-corrected chi connectivity index (χ2v) is 26.6. The first-order valence-corrected chi connectivity index (χ1v) is 20.2. The van der Waals surface area contributed by atoms with Crippen LogP contribution in [-0.4, -0.2) is 19.7 Å². The summed E-state index contributed by atoms with van der Waals surface area (Å²) in [5.74, 6) is 2.37. The molecule has 0 N–H and O–H groups in total. The van der Waals surface area contributed by atoms with Crippen LogP contribution in [0.5, 0.6) is 11.5 Å². The van der Waals surface area contributed by atoms with Crippen molar-refractivity contribution in [1.29, 1.82) is 0 Å². The number of ether oxygens (including phenoxy) is 2. The first-order valence-electron chi connectivity index (χ1n) is 11.4. The summed E-state index contributed by atoms with van der Waals surface area (Å²) in [6, 6.07) is 15.2. The molecule has 32 heavy (non-hydrogen) atoms. The molecule has 2 aromatic rings. The van der Waals surface area contributed by atoms with E-state index in [2.05, 4.69) is 71.1 Å². The first-order chi connectivity index (χ1) is 15.3. The number of methoxy groups -OCH3 is 2. The molecule has 0 saturated heterocycles. The van der Waals surface area contributed by atoms with Crippen LogP contribution >= 0.6 is 0 Å². The molecular formula is C28H34O2SiZr. The average Bonchev–Trinajstić information content (AvgIpc) is 3.26. The molecular weight excluding hydrogens is 488 g/mol. The Morgan fingerprint density at radius 1 is 0.844 bits per heavy atom. The van der Waals surface area contributed by atoms with E-state index in [-0.39, 0.29) is 0 Å². The van der Waals surface area contributed by atoms with Gasteiger partial charge in [-0.2, -0.15) is 0 Å². The molecule has 0 fully saturated rings. The fraction of sp³-hybridized carbons (Fsp3) is 0.357. The molecule has 2 aliphatic rings. The Hall–Kier alpha value is -1.64. The molecule has 2 atom stereocenters. The van der Waals surface area contributed by atoms with Gasteiger partial charge in [-0.3, -0.25) is 0 Å². The molecule has 0 heterocycles. The van der Waals surface area contributed by atoms with Crippen LogP contribution in [0, 0.1) is 5.92 Å². The van der Waals surface area contributed by atoms with Gasteiger partial charge in [0.2, 0.25) is 0 Å². The third-order valence-corrected chi connectivity index (χ3v) is 26.0.